The van der Waals surface area contributed by atoms with Crippen LogP contribution in [0.1, 0.15) is 117 Å². The lowest BCUT2D eigenvalue weighted by atomic mass is 9.44. The summed E-state index contributed by atoms with van der Waals surface area (Å²) in [7, 11) is 0. The summed E-state index contributed by atoms with van der Waals surface area (Å²) in [5.41, 5.74) is 14.9. The summed E-state index contributed by atoms with van der Waals surface area (Å²) < 4.78 is 6.06. The zero-order valence-corrected chi connectivity index (χ0v) is 25.5. The molecule has 0 radical (unpaired) electrons. The van der Waals surface area contributed by atoms with Crippen molar-refractivity contribution in [3.63, 3.8) is 0 Å². The van der Waals surface area contributed by atoms with E-state index in [1.165, 1.54) is 64.2 Å². The van der Waals surface area contributed by atoms with Crippen molar-refractivity contribution in [3.05, 3.63) is 23.8 Å². The van der Waals surface area contributed by atoms with Crippen molar-refractivity contribution >= 4 is 17.3 Å². The Morgan fingerprint density at radius 2 is 1.69 bits per heavy atom. The molecule has 4 nitrogen and oxygen atoms in total. The van der Waals surface area contributed by atoms with E-state index in [1.54, 1.807) is 12.1 Å². The van der Waals surface area contributed by atoms with E-state index in [0.717, 1.165) is 53.9 Å². The number of anilines is 2. The number of hydrogen-bond acceptors (Lipinski definition) is 4. The van der Waals surface area contributed by atoms with Gasteiger partial charge in [0.15, 0.2) is 0 Å². The molecule has 0 aliphatic heterocycles. The molecule has 4 aliphatic carbocycles. The summed E-state index contributed by atoms with van der Waals surface area (Å²) in [5, 5.41) is 0. The molecule has 1 aromatic rings. The van der Waals surface area contributed by atoms with Crippen molar-refractivity contribution in [2.24, 2.45) is 52.3 Å². The van der Waals surface area contributed by atoms with Crippen LogP contribution >= 0.6 is 0 Å². The zero-order chi connectivity index (χ0) is 27.9. The molecule has 0 bridgehead atoms. The van der Waals surface area contributed by atoms with Crippen LogP contribution in [0.3, 0.4) is 0 Å². The maximum absolute atomic E-state index is 12.8. The van der Waals surface area contributed by atoms with Crippen LogP contribution in [0, 0.1) is 52.3 Å². The molecule has 5 rings (SSSR count). The fourth-order valence-corrected chi connectivity index (χ4v) is 10.5. The topological polar surface area (TPSA) is 78.3 Å². The number of carbonyl (C=O) groups is 1. The van der Waals surface area contributed by atoms with Gasteiger partial charge in [0.25, 0.3) is 0 Å². The fraction of sp³-hybridized carbons (Fsp3) is 0.800. The number of nitrogens with two attached hydrogens (primary N) is 2. The lowest BCUT2D eigenvalue weighted by Gasteiger charge is -2.61. The summed E-state index contributed by atoms with van der Waals surface area (Å²) in [6, 6.07) is 5.38. The molecule has 4 fully saturated rings. The maximum atomic E-state index is 12.8. The van der Waals surface area contributed by atoms with E-state index >= 15 is 0 Å². The Kier molecular flexibility index (Phi) is 8.33. The van der Waals surface area contributed by atoms with Crippen molar-refractivity contribution in [1.29, 1.82) is 0 Å². The van der Waals surface area contributed by atoms with Crippen molar-refractivity contribution in [1.82, 2.24) is 0 Å². The summed E-state index contributed by atoms with van der Waals surface area (Å²) >= 11 is 0. The second-order valence-corrected chi connectivity index (χ2v) is 15.2. The number of ether oxygens (including phenoxy) is 1. The van der Waals surface area contributed by atoms with Gasteiger partial charge in [0.1, 0.15) is 6.10 Å². The molecule has 218 valence electrons. The first-order chi connectivity index (χ1) is 18.5. The van der Waals surface area contributed by atoms with Crippen LogP contribution in [-0.4, -0.2) is 12.1 Å². The van der Waals surface area contributed by atoms with Gasteiger partial charge < -0.3 is 16.2 Å². The third-order valence-corrected chi connectivity index (χ3v) is 12.6. The van der Waals surface area contributed by atoms with E-state index < -0.39 is 0 Å². The quantitative estimate of drug-likeness (QED) is 0.258. The van der Waals surface area contributed by atoms with Crippen LogP contribution < -0.4 is 11.5 Å². The summed E-state index contributed by atoms with van der Waals surface area (Å²) in [6.07, 6.45) is 16.2. The molecule has 0 heterocycles. The smallest absolute Gasteiger partial charge is 0.310 e. The number of fused-ring (bicyclic) bond motifs is 5. The van der Waals surface area contributed by atoms with E-state index in [0.29, 0.717) is 28.1 Å². The molecule has 0 saturated heterocycles. The van der Waals surface area contributed by atoms with Gasteiger partial charge >= 0.3 is 5.97 Å². The molecular weight excluding hydrogens is 480 g/mol. The monoisotopic (exact) mass is 536 g/mol. The fourth-order valence-electron chi connectivity index (χ4n) is 10.5. The lowest BCUT2D eigenvalue weighted by molar-refractivity contribution is -0.162. The molecule has 0 spiro atoms. The Morgan fingerprint density at radius 3 is 2.44 bits per heavy atom. The van der Waals surface area contributed by atoms with Crippen molar-refractivity contribution in [2.75, 3.05) is 11.5 Å². The molecule has 0 amide bonds. The van der Waals surface area contributed by atoms with Gasteiger partial charge in [-0.05, 0) is 128 Å². The minimum Gasteiger partial charge on any atom is -0.462 e. The largest absolute Gasteiger partial charge is 0.462 e. The van der Waals surface area contributed by atoms with Crippen LogP contribution in [0.25, 0.3) is 0 Å². The Balaban J connectivity index is 1.19. The normalized spacial score (nSPS) is 38.5. The van der Waals surface area contributed by atoms with Crippen LogP contribution in [-0.2, 0) is 16.0 Å². The Morgan fingerprint density at radius 1 is 0.949 bits per heavy atom. The van der Waals surface area contributed by atoms with Crippen LogP contribution in [0.4, 0.5) is 11.4 Å². The van der Waals surface area contributed by atoms with Gasteiger partial charge in [-0.1, -0.05) is 59.9 Å². The highest BCUT2D eigenvalue weighted by molar-refractivity contribution is 5.75. The average molecular weight is 537 g/mol. The average Bonchev–Trinajstić information content (AvgIpc) is 3.23. The number of rotatable bonds is 8. The van der Waals surface area contributed by atoms with E-state index in [-0.39, 0.29) is 18.5 Å². The van der Waals surface area contributed by atoms with Gasteiger partial charge in [0, 0.05) is 11.4 Å². The van der Waals surface area contributed by atoms with Crippen molar-refractivity contribution in [2.45, 2.75) is 124 Å². The third-order valence-electron chi connectivity index (χ3n) is 12.6. The summed E-state index contributed by atoms with van der Waals surface area (Å²) in [4.78, 5) is 12.8. The Bertz CT molecular complexity index is 1020. The number of esters is 1. The first-order valence-electron chi connectivity index (χ1n) is 16.3. The van der Waals surface area contributed by atoms with Crippen LogP contribution in [0.15, 0.2) is 18.2 Å². The van der Waals surface area contributed by atoms with E-state index in [9.17, 15) is 4.79 Å². The lowest BCUT2D eigenvalue weighted by Crippen LogP contribution is -2.54. The molecule has 4 aliphatic rings. The second-order valence-electron chi connectivity index (χ2n) is 15.2. The highest BCUT2D eigenvalue weighted by Gasteiger charge is 2.60. The van der Waals surface area contributed by atoms with E-state index in [2.05, 4.69) is 34.6 Å². The first kappa shape index (κ1) is 28.8. The van der Waals surface area contributed by atoms with Gasteiger partial charge in [0.05, 0.1) is 6.42 Å². The highest BCUT2D eigenvalue weighted by atomic mass is 16.5. The Hall–Kier alpha value is -1.71. The van der Waals surface area contributed by atoms with Crippen LogP contribution in [0.5, 0.6) is 0 Å². The molecule has 9 unspecified atom stereocenters. The molecule has 0 aromatic heterocycles. The minimum atomic E-state index is -0.151. The molecule has 1 aromatic carbocycles. The van der Waals surface area contributed by atoms with E-state index in [4.69, 9.17) is 16.2 Å². The molecule has 4 N–H and O–H groups in total. The van der Waals surface area contributed by atoms with Crippen molar-refractivity contribution in [3.8, 4) is 0 Å². The number of nitrogen functional groups attached to an aromatic ring is 2. The number of benzene rings is 1. The zero-order valence-electron chi connectivity index (χ0n) is 25.5. The molecule has 4 heteroatoms. The maximum Gasteiger partial charge on any atom is 0.310 e. The third kappa shape index (κ3) is 5.60. The van der Waals surface area contributed by atoms with Gasteiger partial charge in [0.2, 0.25) is 0 Å². The van der Waals surface area contributed by atoms with Gasteiger partial charge in [-0.15, -0.1) is 0 Å². The van der Waals surface area contributed by atoms with E-state index in [1.807, 2.05) is 6.07 Å². The molecule has 39 heavy (non-hydrogen) atoms. The highest BCUT2D eigenvalue weighted by Crippen LogP contribution is 2.68. The number of carbonyl (C=O) groups excluding carboxylic acids is 1. The second kappa shape index (κ2) is 11.3. The van der Waals surface area contributed by atoms with Gasteiger partial charge in [-0.3, -0.25) is 4.79 Å². The van der Waals surface area contributed by atoms with Crippen LogP contribution in [0.2, 0.25) is 0 Å². The predicted molar refractivity (Wildman–Crippen MR) is 162 cm³/mol. The first-order valence-corrected chi connectivity index (χ1v) is 16.3. The molecule has 4 saturated carbocycles. The Labute approximate surface area is 238 Å². The molecule has 9 atom stereocenters. The summed E-state index contributed by atoms with van der Waals surface area (Å²) in [5.74, 6) is 5.84. The SMILES string of the molecule is CC(C)CCCC(C)C1CCC2C3CCC4CC(OC(=O)Cc5ccc(N)cc5N)CCC4(C)C3CCC12C. The van der Waals surface area contributed by atoms with Crippen molar-refractivity contribution < 1.29 is 9.53 Å². The standard InChI is InChI=1S/C35H56N2O2/c1-22(2)7-6-8-23(3)29-13-14-30-28-12-10-25-20-27(15-17-34(25,4)31(28)16-18-35(29,30)5)39-33(38)19-24-9-11-26(36)21-32(24)37/h9,11,21-23,25,27-31H,6-8,10,12-20,36-37H2,1-5H3. The minimum absolute atomic E-state index is 0.0542. The number of hydrogen-bond donors (Lipinski definition) is 2. The summed E-state index contributed by atoms with van der Waals surface area (Å²) in [6.45, 7) is 12.6. The van der Waals surface area contributed by atoms with Gasteiger partial charge in [-0.25, -0.2) is 0 Å². The van der Waals surface area contributed by atoms with Gasteiger partial charge in [-0.2, -0.15) is 0 Å². The molecular formula is C35H56N2O2. The predicted octanol–water partition coefficient (Wildman–Crippen LogP) is 8.43.